The highest BCUT2D eigenvalue weighted by Gasteiger charge is 2.23. The van der Waals surface area contributed by atoms with Gasteiger partial charge in [-0.25, -0.2) is 4.98 Å². The van der Waals surface area contributed by atoms with Crippen LogP contribution in [0.1, 0.15) is 35.0 Å². The number of hydrogen-bond acceptors (Lipinski definition) is 5. The lowest BCUT2D eigenvalue weighted by atomic mass is 10.0. The van der Waals surface area contributed by atoms with Crippen molar-refractivity contribution < 1.29 is 9.47 Å². The topological polar surface area (TPSA) is 57.4 Å². The summed E-state index contributed by atoms with van der Waals surface area (Å²) in [6.07, 6.45) is 0. The summed E-state index contributed by atoms with van der Waals surface area (Å²) in [5, 5.41) is 0.913. The van der Waals surface area contributed by atoms with Crippen LogP contribution in [-0.2, 0) is 23.5 Å². The van der Waals surface area contributed by atoms with E-state index < -0.39 is 5.54 Å². The molecule has 0 bridgehead atoms. The van der Waals surface area contributed by atoms with Gasteiger partial charge >= 0.3 is 0 Å². The average molecular weight is 306 g/mol. The number of nitrogens with two attached hydrogens (primary N) is 1. The predicted octanol–water partition coefficient (Wildman–Crippen LogP) is 3.37. The number of benzene rings is 1. The molecule has 0 aliphatic rings. The van der Waals surface area contributed by atoms with Gasteiger partial charge in [0.15, 0.2) is 0 Å². The van der Waals surface area contributed by atoms with E-state index in [4.69, 9.17) is 15.2 Å². The lowest BCUT2D eigenvalue weighted by molar-refractivity contribution is 0.180. The minimum atomic E-state index is -0.423. The number of nitrogens with zero attached hydrogens (tertiary/aromatic N) is 1. The second-order valence-corrected chi connectivity index (χ2v) is 6.72. The number of aryl methyl sites for hydroxylation is 1. The first-order chi connectivity index (χ1) is 9.90. The molecule has 1 heterocycles. The maximum Gasteiger partial charge on any atom is 0.140 e. The third-order valence-corrected chi connectivity index (χ3v) is 4.40. The van der Waals surface area contributed by atoms with Crippen molar-refractivity contribution >= 4 is 11.3 Å². The van der Waals surface area contributed by atoms with E-state index in [0.29, 0.717) is 13.2 Å². The van der Waals surface area contributed by atoms with Gasteiger partial charge in [0, 0.05) is 17.5 Å². The number of hydrogen-bond donors (Lipinski definition) is 1. The largest absolute Gasteiger partial charge is 0.486 e. The standard InChI is InChI=1S/C16H22N2O2S/c1-11-5-7-12(8-6-11)20-10-14-18-13(9-19-4)15(21-14)16(2,3)17/h5-8H,9-10,17H2,1-4H3. The van der Waals surface area contributed by atoms with Crippen LogP contribution >= 0.6 is 11.3 Å². The van der Waals surface area contributed by atoms with Crippen molar-refractivity contribution in [1.82, 2.24) is 4.98 Å². The van der Waals surface area contributed by atoms with E-state index in [1.54, 1.807) is 18.4 Å². The Balaban J connectivity index is 2.11. The summed E-state index contributed by atoms with van der Waals surface area (Å²) >= 11 is 1.59. The lowest BCUT2D eigenvalue weighted by Crippen LogP contribution is -2.28. The van der Waals surface area contributed by atoms with Crippen molar-refractivity contribution in [2.24, 2.45) is 5.73 Å². The van der Waals surface area contributed by atoms with E-state index in [2.05, 4.69) is 11.9 Å². The van der Waals surface area contributed by atoms with Gasteiger partial charge < -0.3 is 15.2 Å². The molecule has 0 unspecified atom stereocenters. The molecular formula is C16H22N2O2S. The van der Waals surface area contributed by atoms with Crippen LogP contribution in [-0.4, -0.2) is 12.1 Å². The minimum Gasteiger partial charge on any atom is -0.486 e. The maximum atomic E-state index is 6.20. The van der Waals surface area contributed by atoms with E-state index in [1.165, 1.54) is 5.56 Å². The Morgan fingerprint density at radius 3 is 2.43 bits per heavy atom. The molecule has 2 N–H and O–H groups in total. The number of aromatic nitrogens is 1. The van der Waals surface area contributed by atoms with Crippen molar-refractivity contribution in [3.05, 3.63) is 45.4 Å². The van der Waals surface area contributed by atoms with E-state index >= 15 is 0 Å². The third-order valence-electron chi connectivity index (χ3n) is 2.99. The molecule has 0 saturated carbocycles. The van der Waals surface area contributed by atoms with Gasteiger partial charge in [-0.3, -0.25) is 0 Å². The van der Waals surface area contributed by atoms with Gasteiger partial charge in [-0.05, 0) is 32.9 Å². The first-order valence-corrected chi connectivity index (χ1v) is 7.68. The number of ether oxygens (including phenoxy) is 2. The van der Waals surface area contributed by atoms with E-state index in [1.807, 2.05) is 38.1 Å². The highest BCUT2D eigenvalue weighted by atomic mass is 32.1. The summed E-state index contributed by atoms with van der Waals surface area (Å²) in [5.41, 5.74) is 7.89. The fraction of sp³-hybridized carbons (Fsp3) is 0.438. The number of rotatable bonds is 6. The Morgan fingerprint density at radius 1 is 1.19 bits per heavy atom. The summed E-state index contributed by atoms with van der Waals surface area (Å²) in [5.74, 6) is 0.845. The van der Waals surface area contributed by atoms with Gasteiger partial charge in [0.05, 0.1) is 12.3 Å². The fourth-order valence-electron chi connectivity index (χ4n) is 1.98. The van der Waals surface area contributed by atoms with E-state index in [0.717, 1.165) is 21.3 Å². The molecular weight excluding hydrogens is 284 g/mol. The zero-order chi connectivity index (χ0) is 15.5. The van der Waals surface area contributed by atoms with E-state index in [-0.39, 0.29) is 0 Å². The van der Waals surface area contributed by atoms with Crippen LogP contribution in [0.3, 0.4) is 0 Å². The Bertz CT molecular complexity index is 585. The van der Waals surface area contributed by atoms with Gasteiger partial charge in [-0.15, -0.1) is 11.3 Å². The molecule has 0 saturated heterocycles. The molecule has 0 amide bonds. The minimum absolute atomic E-state index is 0.423. The van der Waals surface area contributed by atoms with Crippen molar-refractivity contribution in [1.29, 1.82) is 0 Å². The molecule has 114 valence electrons. The van der Waals surface area contributed by atoms with Crippen LogP contribution in [0, 0.1) is 6.92 Å². The summed E-state index contributed by atoms with van der Waals surface area (Å²) in [6.45, 7) is 6.92. The molecule has 0 fully saturated rings. The molecule has 0 radical (unpaired) electrons. The molecule has 0 atom stereocenters. The zero-order valence-electron chi connectivity index (χ0n) is 13.0. The molecule has 0 aliphatic carbocycles. The molecule has 5 heteroatoms. The van der Waals surface area contributed by atoms with Gasteiger partial charge in [-0.1, -0.05) is 17.7 Å². The highest BCUT2D eigenvalue weighted by Crippen LogP contribution is 2.29. The van der Waals surface area contributed by atoms with Gasteiger partial charge in [0.1, 0.15) is 17.4 Å². The quantitative estimate of drug-likeness (QED) is 0.889. The second kappa shape index (κ2) is 6.56. The molecule has 2 aromatic rings. The molecule has 0 aliphatic heterocycles. The van der Waals surface area contributed by atoms with Crippen molar-refractivity contribution in [2.75, 3.05) is 7.11 Å². The second-order valence-electron chi connectivity index (χ2n) is 5.64. The Morgan fingerprint density at radius 2 is 1.86 bits per heavy atom. The van der Waals surface area contributed by atoms with E-state index in [9.17, 15) is 0 Å². The normalized spacial score (nSPS) is 11.7. The van der Waals surface area contributed by atoms with Crippen LogP contribution in [0.15, 0.2) is 24.3 Å². The summed E-state index contributed by atoms with van der Waals surface area (Å²) in [4.78, 5) is 5.64. The van der Waals surface area contributed by atoms with Gasteiger partial charge in [0.25, 0.3) is 0 Å². The average Bonchev–Trinajstić information content (AvgIpc) is 2.82. The molecule has 1 aromatic heterocycles. The monoisotopic (exact) mass is 306 g/mol. The zero-order valence-corrected chi connectivity index (χ0v) is 13.8. The van der Waals surface area contributed by atoms with Crippen LogP contribution in [0.25, 0.3) is 0 Å². The predicted molar refractivity (Wildman–Crippen MR) is 85.6 cm³/mol. The molecule has 1 aromatic carbocycles. The first kappa shape index (κ1) is 15.9. The van der Waals surface area contributed by atoms with Crippen molar-refractivity contribution in [2.45, 2.75) is 39.5 Å². The SMILES string of the molecule is COCc1nc(COc2ccc(C)cc2)sc1C(C)(C)N. The molecule has 21 heavy (non-hydrogen) atoms. The Labute approximate surface area is 129 Å². The van der Waals surface area contributed by atoms with Gasteiger partial charge in [-0.2, -0.15) is 0 Å². The van der Waals surface area contributed by atoms with Gasteiger partial charge in [0.2, 0.25) is 0 Å². The Hall–Kier alpha value is -1.43. The lowest BCUT2D eigenvalue weighted by Gasteiger charge is -2.17. The van der Waals surface area contributed by atoms with Crippen molar-refractivity contribution in [3.63, 3.8) is 0 Å². The summed E-state index contributed by atoms with van der Waals surface area (Å²) in [6, 6.07) is 7.99. The van der Waals surface area contributed by atoms with Crippen LogP contribution in [0.2, 0.25) is 0 Å². The molecule has 0 spiro atoms. The van der Waals surface area contributed by atoms with Crippen molar-refractivity contribution in [3.8, 4) is 5.75 Å². The summed E-state index contributed by atoms with van der Waals surface area (Å²) < 4.78 is 11.0. The summed E-state index contributed by atoms with van der Waals surface area (Å²) in [7, 11) is 1.66. The number of thiazole rings is 1. The Kier molecular flexibility index (Phi) is 4.98. The number of methoxy groups -OCH3 is 1. The maximum absolute atomic E-state index is 6.20. The van der Waals surface area contributed by atoms with Crippen LogP contribution in [0.4, 0.5) is 0 Å². The van der Waals surface area contributed by atoms with Crippen LogP contribution in [0.5, 0.6) is 5.75 Å². The third kappa shape index (κ3) is 4.27. The molecule has 2 rings (SSSR count). The molecule has 4 nitrogen and oxygen atoms in total. The highest BCUT2D eigenvalue weighted by molar-refractivity contribution is 7.11. The first-order valence-electron chi connectivity index (χ1n) is 6.86. The van der Waals surface area contributed by atoms with Crippen LogP contribution < -0.4 is 10.5 Å². The fourth-order valence-corrected chi connectivity index (χ4v) is 2.97. The smallest absolute Gasteiger partial charge is 0.140 e.